The zero-order valence-corrected chi connectivity index (χ0v) is 16.6. The molecule has 8 heteroatoms. The van der Waals surface area contributed by atoms with Gasteiger partial charge in [0.1, 0.15) is 5.82 Å². The number of nitrogens with one attached hydrogen (secondary N) is 1. The smallest absolute Gasteiger partial charge is 0.337 e. The number of piperidine rings is 1. The third-order valence-electron chi connectivity index (χ3n) is 5.72. The molecule has 7 nitrogen and oxygen atoms in total. The Bertz CT molecular complexity index is 1100. The third kappa shape index (κ3) is 3.10. The van der Waals surface area contributed by atoms with E-state index < -0.39 is 5.97 Å². The molecule has 2 aromatic heterocycles. The molecule has 0 radical (unpaired) electrons. The fourth-order valence-electron chi connectivity index (χ4n) is 4.35. The van der Waals surface area contributed by atoms with Gasteiger partial charge in [-0.2, -0.15) is 4.98 Å². The van der Waals surface area contributed by atoms with Gasteiger partial charge in [0, 0.05) is 47.2 Å². The first-order valence-corrected chi connectivity index (χ1v) is 9.87. The molecule has 3 aromatic rings. The number of hydrogen-bond donors (Lipinski definition) is 2. The summed E-state index contributed by atoms with van der Waals surface area (Å²) in [4.78, 5) is 21.4. The molecule has 1 aromatic carbocycles. The molecule has 0 unspecified atom stereocenters. The Morgan fingerprint density at radius 3 is 2.97 bits per heavy atom. The van der Waals surface area contributed by atoms with E-state index in [0.717, 1.165) is 37.5 Å². The lowest BCUT2D eigenvalue weighted by molar-refractivity contribution is 0.0699. The largest absolute Gasteiger partial charge is 0.480 e. The molecule has 2 bridgehead atoms. The summed E-state index contributed by atoms with van der Waals surface area (Å²) in [5.74, 6) is 0.846. The molecule has 2 aliphatic heterocycles. The predicted molar refractivity (Wildman–Crippen MR) is 110 cm³/mol. The number of hydrogen-bond acceptors (Lipinski definition) is 5. The van der Waals surface area contributed by atoms with Crippen LogP contribution in [0, 0.1) is 5.92 Å². The number of methoxy groups -OCH3 is 1. The minimum atomic E-state index is -0.994. The van der Waals surface area contributed by atoms with Gasteiger partial charge >= 0.3 is 5.97 Å². The number of aromatic carboxylic acids is 1. The van der Waals surface area contributed by atoms with E-state index in [1.807, 2.05) is 12.1 Å². The van der Waals surface area contributed by atoms with Crippen LogP contribution in [0.1, 0.15) is 16.8 Å². The number of carboxylic acid groups (broad SMARTS) is 1. The summed E-state index contributed by atoms with van der Waals surface area (Å²) in [5.41, 5.74) is 2.27. The summed E-state index contributed by atoms with van der Waals surface area (Å²) in [7, 11) is 1.57. The summed E-state index contributed by atoms with van der Waals surface area (Å²) < 4.78 is 11.4. The summed E-state index contributed by atoms with van der Waals surface area (Å²) in [5, 5.41) is 10.5. The number of H-pyrrole nitrogens is 1. The zero-order chi connectivity index (χ0) is 20.1. The number of carbonyl (C=O) groups is 1. The molecule has 0 spiro atoms. The number of benzene rings is 1. The van der Waals surface area contributed by atoms with Crippen molar-refractivity contribution in [1.82, 2.24) is 9.97 Å². The van der Waals surface area contributed by atoms with Gasteiger partial charge in [-0.15, -0.1) is 0 Å². The van der Waals surface area contributed by atoms with Crippen LogP contribution in [-0.4, -0.2) is 54.0 Å². The lowest BCUT2D eigenvalue weighted by atomic mass is 10.00. The van der Waals surface area contributed by atoms with Gasteiger partial charge in [0.15, 0.2) is 0 Å². The van der Waals surface area contributed by atoms with Crippen LogP contribution in [0.3, 0.4) is 0 Å². The van der Waals surface area contributed by atoms with E-state index in [9.17, 15) is 9.90 Å². The second-order valence-electron chi connectivity index (χ2n) is 7.57. The molecular weight excluding hydrogens is 394 g/mol. The number of rotatable bonds is 4. The Balaban J connectivity index is 1.56. The highest BCUT2D eigenvalue weighted by Crippen LogP contribution is 2.39. The van der Waals surface area contributed by atoms with Crippen LogP contribution in [0.25, 0.3) is 22.0 Å². The molecule has 4 heterocycles. The van der Waals surface area contributed by atoms with Crippen molar-refractivity contribution >= 4 is 34.3 Å². The van der Waals surface area contributed by atoms with Gasteiger partial charge < -0.3 is 24.5 Å². The van der Waals surface area contributed by atoms with Crippen molar-refractivity contribution in [2.75, 3.05) is 31.7 Å². The van der Waals surface area contributed by atoms with E-state index >= 15 is 0 Å². The van der Waals surface area contributed by atoms with Gasteiger partial charge in [-0.3, -0.25) is 0 Å². The summed E-state index contributed by atoms with van der Waals surface area (Å²) in [6.07, 6.45) is 2.85. The molecule has 2 N–H and O–H groups in total. The van der Waals surface area contributed by atoms with E-state index in [4.69, 9.17) is 26.1 Å². The molecule has 29 heavy (non-hydrogen) atoms. The number of nitrogens with zero attached hydrogens (tertiary/aromatic N) is 2. The molecule has 2 fully saturated rings. The topological polar surface area (TPSA) is 87.7 Å². The van der Waals surface area contributed by atoms with Crippen molar-refractivity contribution in [3.63, 3.8) is 0 Å². The maximum Gasteiger partial charge on any atom is 0.337 e. The molecule has 0 aliphatic carbocycles. The second kappa shape index (κ2) is 6.93. The monoisotopic (exact) mass is 413 g/mol. The van der Waals surface area contributed by atoms with Gasteiger partial charge in [0.25, 0.3) is 0 Å². The fourth-order valence-corrected chi connectivity index (χ4v) is 4.61. The van der Waals surface area contributed by atoms with E-state index in [1.165, 1.54) is 6.20 Å². The minimum Gasteiger partial charge on any atom is -0.480 e. The lowest BCUT2D eigenvalue weighted by Crippen LogP contribution is -2.39. The van der Waals surface area contributed by atoms with Crippen LogP contribution in [0.2, 0.25) is 5.02 Å². The average Bonchev–Trinajstić information content (AvgIpc) is 3.28. The highest BCUT2D eigenvalue weighted by molar-refractivity contribution is 6.34. The fraction of sp³-hybridized carbons (Fsp3) is 0.333. The number of anilines is 1. The van der Waals surface area contributed by atoms with Gasteiger partial charge in [-0.1, -0.05) is 11.6 Å². The van der Waals surface area contributed by atoms with Crippen LogP contribution in [0.5, 0.6) is 5.88 Å². The summed E-state index contributed by atoms with van der Waals surface area (Å²) >= 11 is 6.51. The van der Waals surface area contributed by atoms with Gasteiger partial charge in [-0.25, -0.2) is 4.79 Å². The molecular formula is C21H20ClN3O4. The van der Waals surface area contributed by atoms with E-state index in [0.29, 0.717) is 33.3 Å². The molecule has 5 rings (SSSR count). The first-order chi connectivity index (χ1) is 14.0. The van der Waals surface area contributed by atoms with Crippen LogP contribution >= 0.6 is 11.6 Å². The first kappa shape index (κ1) is 18.3. The van der Waals surface area contributed by atoms with Crippen LogP contribution < -0.4 is 9.64 Å². The number of halogens is 1. The standard InChI is InChI=1S/C21H20ClN3O4/c1-28-20-13(2-3-19(24-20)25-8-11-4-12(9-25)29-10-11)14-5-15-16(21(26)27)7-23-18(15)6-17(14)22/h2-3,5-7,11-12,23H,4,8-10H2,1H3,(H,26,27)/t11-,12+/m0/s1. The quantitative estimate of drug-likeness (QED) is 0.676. The van der Waals surface area contributed by atoms with Crippen molar-refractivity contribution in [3.8, 4) is 17.0 Å². The van der Waals surface area contributed by atoms with Crippen molar-refractivity contribution < 1.29 is 19.4 Å². The molecule has 2 saturated heterocycles. The number of fused-ring (bicyclic) bond motifs is 3. The number of aromatic nitrogens is 2. The number of pyridine rings is 1. The maximum absolute atomic E-state index is 11.5. The summed E-state index contributed by atoms with van der Waals surface area (Å²) in [6, 6.07) is 7.38. The minimum absolute atomic E-state index is 0.199. The van der Waals surface area contributed by atoms with Gasteiger partial charge in [0.05, 0.1) is 30.4 Å². The lowest BCUT2D eigenvalue weighted by Gasteiger charge is -2.31. The molecule has 0 saturated carbocycles. The van der Waals surface area contributed by atoms with Crippen LogP contribution in [0.15, 0.2) is 30.5 Å². The Morgan fingerprint density at radius 1 is 1.34 bits per heavy atom. The van der Waals surface area contributed by atoms with E-state index in [1.54, 1.807) is 19.2 Å². The van der Waals surface area contributed by atoms with Gasteiger partial charge in [-0.05, 0) is 30.7 Å². The van der Waals surface area contributed by atoms with Crippen molar-refractivity contribution in [2.45, 2.75) is 12.5 Å². The molecule has 0 amide bonds. The highest BCUT2D eigenvalue weighted by Gasteiger charge is 2.34. The highest BCUT2D eigenvalue weighted by atomic mass is 35.5. The molecule has 2 atom stereocenters. The number of carboxylic acids is 1. The summed E-state index contributed by atoms with van der Waals surface area (Å²) in [6.45, 7) is 2.56. The SMILES string of the molecule is COc1nc(N2C[C@H]3CO[C@H](C3)C2)ccc1-c1cc2c(C(=O)O)c[nH]c2cc1Cl. The number of aromatic amines is 1. The molecule has 2 aliphatic rings. The number of ether oxygens (including phenoxy) is 2. The Kier molecular flexibility index (Phi) is 4.37. The second-order valence-corrected chi connectivity index (χ2v) is 7.98. The Hall–Kier alpha value is -2.77. The van der Waals surface area contributed by atoms with Crippen molar-refractivity contribution in [2.24, 2.45) is 5.92 Å². The maximum atomic E-state index is 11.5. The van der Waals surface area contributed by atoms with Gasteiger partial charge in [0.2, 0.25) is 5.88 Å². The predicted octanol–water partition coefficient (Wildman–Crippen LogP) is 3.82. The van der Waals surface area contributed by atoms with Crippen LogP contribution in [-0.2, 0) is 4.74 Å². The Labute approximate surface area is 172 Å². The first-order valence-electron chi connectivity index (χ1n) is 9.49. The molecule has 150 valence electrons. The van der Waals surface area contributed by atoms with E-state index in [-0.39, 0.29) is 11.7 Å². The normalized spacial score (nSPS) is 21.0. The Morgan fingerprint density at radius 2 is 2.21 bits per heavy atom. The van der Waals surface area contributed by atoms with Crippen molar-refractivity contribution in [3.05, 3.63) is 41.0 Å². The zero-order valence-electron chi connectivity index (χ0n) is 15.8. The average molecular weight is 414 g/mol. The van der Waals surface area contributed by atoms with Crippen LogP contribution in [0.4, 0.5) is 5.82 Å². The van der Waals surface area contributed by atoms with Crippen molar-refractivity contribution in [1.29, 1.82) is 0 Å². The van der Waals surface area contributed by atoms with E-state index in [2.05, 4.69) is 9.88 Å². The third-order valence-corrected chi connectivity index (χ3v) is 6.03.